The molecule has 0 saturated carbocycles. The maximum atomic E-state index is 12.6. The molecule has 1 aliphatic heterocycles. The lowest BCUT2D eigenvalue weighted by molar-refractivity contribution is -0.137. The van der Waals surface area contributed by atoms with Gasteiger partial charge in [0.15, 0.2) is 0 Å². The summed E-state index contributed by atoms with van der Waals surface area (Å²) in [5.41, 5.74) is 0.890. The summed E-state index contributed by atoms with van der Waals surface area (Å²) in [6, 6.07) is 6.51. The van der Waals surface area contributed by atoms with E-state index in [9.17, 15) is 18.0 Å². The number of carboxylic acids is 1. The fraction of sp³-hybridized carbons (Fsp3) is 0.579. The van der Waals surface area contributed by atoms with Crippen LogP contribution in [0.3, 0.4) is 0 Å². The molecule has 0 bridgehead atoms. The molecule has 0 spiro atoms. The number of amides is 1. The van der Waals surface area contributed by atoms with Crippen molar-refractivity contribution >= 4 is 21.9 Å². The first-order valence-corrected chi connectivity index (χ1v) is 10.8. The summed E-state index contributed by atoms with van der Waals surface area (Å²) in [6.07, 6.45) is 4.06. The molecular formula is C19H28N2O5S. The summed E-state index contributed by atoms with van der Waals surface area (Å²) in [5, 5.41) is 11.4. The minimum Gasteiger partial charge on any atom is -0.481 e. The Hall–Kier alpha value is -1.93. The Balaban J connectivity index is 1.84. The average Bonchev–Trinajstić information content (AvgIpc) is 2.66. The van der Waals surface area contributed by atoms with E-state index in [2.05, 4.69) is 5.32 Å². The van der Waals surface area contributed by atoms with Gasteiger partial charge in [-0.3, -0.25) is 9.59 Å². The summed E-state index contributed by atoms with van der Waals surface area (Å²) >= 11 is 0. The van der Waals surface area contributed by atoms with E-state index in [1.807, 2.05) is 0 Å². The van der Waals surface area contributed by atoms with Crippen LogP contribution in [-0.4, -0.2) is 48.8 Å². The number of piperidine rings is 1. The molecule has 1 unspecified atom stereocenters. The molecule has 1 fully saturated rings. The van der Waals surface area contributed by atoms with Gasteiger partial charge in [-0.05, 0) is 50.3 Å². The van der Waals surface area contributed by atoms with Crippen molar-refractivity contribution in [2.75, 3.05) is 13.1 Å². The number of carboxylic acid groups (broad SMARTS) is 1. The third kappa shape index (κ3) is 6.62. The van der Waals surface area contributed by atoms with E-state index in [1.54, 1.807) is 31.2 Å². The Bertz CT molecular complexity index is 740. The number of benzene rings is 1. The number of sulfonamides is 1. The maximum Gasteiger partial charge on any atom is 0.303 e. The molecule has 1 atom stereocenters. The Kier molecular flexibility index (Phi) is 7.79. The van der Waals surface area contributed by atoms with E-state index in [4.69, 9.17) is 5.11 Å². The van der Waals surface area contributed by atoms with Crippen molar-refractivity contribution in [2.45, 2.75) is 62.8 Å². The second-order valence-corrected chi connectivity index (χ2v) is 8.95. The first-order chi connectivity index (χ1) is 12.8. The van der Waals surface area contributed by atoms with Crippen LogP contribution < -0.4 is 5.32 Å². The number of rotatable bonds is 9. The van der Waals surface area contributed by atoms with Crippen LogP contribution in [0.1, 0.15) is 51.0 Å². The van der Waals surface area contributed by atoms with Crippen LogP contribution in [-0.2, 0) is 26.0 Å². The molecule has 2 rings (SSSR count). The number of carbonyl (C=O) groups is 2. The molecule has 1 aromatic carbocycles. The summed E-state index contributed by atoms with van der Waals surface area (Å²) in [7, 11) is -3.43. The van der Waals surface area contributed by atoms with Gasteiger partial charge < -0.3 is 10.4 Å². The monoisotopic (exact) mass is 396 g/mol. The number of hydrogen-bond donors (Lipinski definition) is 2. The lowest BCUT2D eigenvalue weighted by atomic mass is 10.1. The van der Waals surface area contributed by atoms with E-state index >= 15 is 0 Å². The lowest BCUT2D eigenvalue weighted by Crippen LogP contribution is -2.35. The molecule has 1 saturated heterocycles. The van der Waals surface area contributed by atoms with Crippen LogP contribution in [0.15, 0.2) is 29.2 Å². The van der Waals surface area contributed by atoms with E-state index < -0.39 is 16.0 Å². The van der Waals surface area contributed by atoms with Gasteiger partial charge in [0.2, 0.25) is 15.9 Å². The van der Waals surface area contributed by atoms with Gasteiger partial charge in [-0.1, -0.05) is 18.6 Å². The van der Waals surface area contributed by atoms with Crippen LogP contribution in [0.2, 0.25) is 0 Å². The van der Waals surface area contributed by atoms with Crippen molar-refractivity contribution in [3.8, 4) is 0 Å². The predicted molar refractivity (Wildman–Crippen MR) is 102 cm³/mol. The van der Waals surface area contributed by atoms with Gasteiger partial charge in [-0.15, -0.1) is 0 Å². The quantitative estimate of drug-likeness (QED) is 0.666. The van der Waals surface area contributed by atoms with Gasteiger partial charge >= 0.3 is 5.97 Å². The maximum absolute atomic E-state index is 12.6. The second kappa shape index (κ2) is 9.85. The standard InChI is InChI=1S/C19H28N2O5S/c1-15(5-12-19(23)24)20-18(22)11-8-16-6-9-17(10-7-16)27(25,26)21-13-3-2-4-14-21/h6-7,9-10,15H,2-5,8,11-14H2,1H3,(H,20,22)(H,23,24). The first-order valence-electron chi connectivity index (χ1n) is 9.39. The van der Waals surface area contributed by atoms with E-state index in [0.29, 0.717) is 30.8 Å². The average molecular weight is 397 g/mol. The van der Waals surface area contributed by atoms with Gasteiger partial charge in [0.05, 0.1) is 4.90 Å². The summed E-state index contributed by atoms with van der Waals surface area (Å²) in [5.74, 6) is -1.02. The number of nitrogens with one attached hydrogen (secondary N) is 1. The number of hydrogen-bond acceptors (Lipinski definition) is 4. The van der Waals surface area contributed by atoms with Crippen molar-refractivity contribution in [2.24, 2.45) is 0 Å². The molecule has 8 heteroatoms. The fourth-order valence-corrected chi connectivity index (χ4v) is 4.62. The van der Waals surface area contributed by atoms with E-state index in [-0.39, 0.29) is 24.8 Å². The second-order valence-electron chi connectivity index (χ2n) is 7.01. The minimum absolute atomic E-state index is 0.0222. The molecule has 0 radical (unpaired) electrons. The van der Waals surface area contributed by atoms with E-state index in [0.717, 1.165) is 24.8 Å². The zero-order valence-corrected chi connectivity index (χ0v) is 16.5. The number of carbonyl (C=O) groups excluding carboxylic acids is 1. The van der Waals surface area contributed by atoms with E-state index in [1.165, 1.54) is 4.31 Å². The van der Waals surface area contributed by atoms with Gasteiger partial charge in [-0.2, -0.15) is 4.31 Å². The normalized spacial score (nSPS) is 16.6. The molecule has 2 N–H and O–H groups in total. The zero-order chi connectivity index (χ0) is 19.9. The Morgan fingerprint density at radius 1 is 1.11 bits per heavy atom. The van der Waals surface area contributed by atoms with Crippen LogP contribution in [0.4, 0.5) is 0 Å². The highest BCUT2D eigenvalue weighted by molar-refractivity contribution is 7.89. The van der Waals surface area contributed by atoms with Crippen LogP contribution in [0.25, 0.3) is 0 Å². The smallest absolute Gasteiger partial charge is 0.303 e. The van der Waals surface area contributed by atoms with Gasteiger partial charge in [0.25, 0.3) is 0 Å². The topological polar surface area (TPSA) is 104 Å². The van der Waals surface area contributed by atoms with Crippen LogP contribution >= 0.6 is 0 Å². The SMILES string of the molecule is CC(CCC(=O)O)NC(=O)CCc1ccc(S(=O)(=O)N2CCCCC2)cc1. The third-order valence-corrected chi connectivity index (χ3v) is 6.63. The number of aliphatic carboxylic acids is 1. The number of aryl methyl sites for hydroxylation is 1. The molecule has 1 amide bonds. The van der Waals surface area contributed by atoms with Gasteiger partial charge in [0, 0.05) is 32.0 Å². The molecule has 7 nitrogen and oxygen atoms in total. The third-order valence-electron chi connectivity index (χ3n) is 4.72. The van der Waals surface area contributed by atoms with Crippen molar-refractivity contribution in [1.82, 2.24) is 9.62 Å². The highest BCUT2D eigenvalue weighted by Gasteiger charge is 2.25. The number of nitrogens with zero attached hydrogens (tertiary/aromatic N) is 1. The van der Waals surface area contributed by atoms with Crippen molar-refractivity contribution in [3.05, 3.63) is 29.8 Å². The largest absolute Gasteiger partial charge is 0.481 e. The highest BCUT2D eigenvalue weighted by atomic mass is 32.2. The highest BCUT2D eigenvalue weighted by Crippen LogP contribution is 2.21. The van der Waals surface area contributed by atoms with Gasteiger partial charge in [-0.25, -0.2) is 8.42 Å². The zero-order valence-electron chi connectivity index (χ0n) is 15.7. The first kappa shape index (κ1) is 21.4. The summed E-state index contributed by atoms with van der Waals surface area (Å²) in [6.45, 7) is 2.93. The molecule has 150 valence electrons. The molecular weight excluding hydrogens is 368 g/mol. The Labute approximate surface area is 160 Å². The van der Waals surface area contributed by atoms with Crippen molar-refractivity contribution < 1.29 is 23.1 Å². The fourth-order valence-electron chi connectivity index (χ4n) is 3.10. The minimum atomic E-state index is -3.43. The predicted octanol–water partition coefficient (Wildman–Crippen LogP) is 2.16. The molecule has 0 aromatic heterocycles. The lowest BCUT2D eigenvalue weighted by Gasteiger charge is -2.25. The molecule has 0 aliphatic carbocycles. The molecule has 1 aliphatic rings. The summed E-state index contributed by atoms with van der Waals surface area (Å²) in [4.78, 5) is 22.8. The summed E-state index contributed by atoms with van der Waals surface area (Å²) < 4.78 is 26.8. The van der Waals surface area contributed by atoms with Crippen molar-refractivity contribution in [1.29, 1.82) is 0 Å². The van der Waals surface area contributed by atoms with Crippen molar-refractivity contribution in [3.63, 3.8) is 0 Å². The Morgan fingerprint density at radius 2 is 1.74 bits per heavy atom. The molecule has 1 heterocycles. The van der Waals surface area contributed by atoms with Crippen LogP contribution in [0.5, 0.6) is 0 Å². The molecule has 27 heavy (non-hydrogen) atoms. The van der Waals surface area contributed by atoms with Crippen LogP contribution in [0, 0.1) is 0 Å². The molecule has 1 aromatic rings. The van der Waals surface area contributed by atoms with Gasteiger partial charge in [0.1, 0.15) is 0 Å². The Morgan fingerprint density at radius 3 is 2.33 bits per heavy atom.